The van der Waals surface area contributed by atoms with Crippen molar-refractivity contribution in [1.82, 2.24) is 19.5 Å². The monoisotopic (exact) mass is 371 g/mol. The van der Waals surface area contributed by atoms with Crippen molar-refractivity contribution in [2.75, 3.05) is 24.5 Å². The number of carbonyl (C=O) groups is 1. The molecule has 2 aromatic heterocycles. The first-order valence-electron chi connectivity index (χ1n) is 9.94. The van der Waals surface area contributed by atoms with Gasteiger partial charge < -0.3 is 9.64 Å². The Balaban J connectivity index is 1.64. The average Bonchev–Trinajstić information content (AvgIpc) is 2.96. The van der Waals surface area contributed by atoms with E-state index in [-0.39, 0.29) is 12.1 Å². The Labute approximate surface area is 160 Å². The summed E-state index contributed by atoms with van der Waals surface area (Å²) in [5, 5.41) is 4.80. The van der Waals surface area contributed by atoms with E-state index >= 15 is 0 Å². The Morgan fingerprint density at radius 1 is 1.15 bits per heavy atom. The summed E-state index contributed by atoms with van der Waals surface area (Å²) in [4.78, 5) is 21.6. The maximum Gasteiger partial charge on any atom is 0.410 e. The predicted octanol–water partition coefficient (Wildman–Crippen LogP) is 3.71. The molecule has 7 nitrogen and oxygen atoms in total. The van der Waals surface area contributed by atoms with Gasteiger partial charge in [-0.25, -0.2) is 14.3 Å². The van der Waals surface area contributed by atoms with Gasteiger partial charge in [0.2, 0.25) is 0 Å². The van der Waals surface area contributed by atoms with Crippen LogP contribution in [-0.4, -0.2) is 50.8 Å². The molecular formula is C20H29N5O2. The summed E-state index contributed by atoms with van der Waals surface area (Å²) in [5.74, 6) is 1.02. The molecule has 4 rings (SSSR count). The molecule has 0 unspecified atom stereocenters. The number of likely N-dealkylation sites (tertiary alicyclic amines) is 1. The summed E-state index contributed by atoms with van der Waals surface area (Å²) in [7, 11) is 0. The molecule has 4 heterocycles. The normalized spacial score (nSPS) is 20.7. The van der Waals surface area contributed by atoms with E-state index in [1.165, 1.54) is 6.42 Å². The van der Waals surface area contributed by atoms with E-state index in [9.17, 15) is 4.79 Å². The molecule has 2 saturated heterocycles. The topological polar surface area (TPSA) is 63.0 Å². The quantitative estimate of drug-likeness (QED) is 0.805. The summed E-state index contributed by atoms with van der Waals surface area (Å²) in [5.41, 5.74) is 2.31. The van der Waals surface area contributed by atoms with Gasteiger partial charge in [0, 0.05) is 37.5 Å². The summed E-state index contributed by atoms with van der Waals surface area (Å²) < 4.78 is 7.52. The highest BCUT2D eigenvalue weighted by atomic mass is 16.6. The summed E-state index contributed by atoms with van der Waals surface area (Å²) in [6, 6.07) is 4.07. The first-order valence-corrected chi connectivity index (χ1v) is 9.94. The molecule has 0 N–H and O–H groups in total. The lowest BCUT2D eigenvalue weighted by Gasteiger charge is -2.35. The summed E-state index contributed by atoms with van der Waals surface area (Å²) >= 11 is 0. The predicted molar refractivity (Wildman–Crippen MR) is 104 cm³/mol. The Bertz CT molecular complexity index is 850. The van der Waals surface area contributed by atoms with E-state index in [2.05, 4.69) is 17.9 Å². The van der Waals surface area contributed by atoms with Gasteiger partial charge in [-0.2, -0.15) is 5.10 Å². The zero-order valence-corrected chi connectivity index (χ0v) is 16.7. The van der Waals surface area contributed by atoms with Crippen LogP contribution in [0.4, 0.5) is 10.6 Å². The average molecular weight is 371 g/mol. The number of piperidine rings is 1. The number of aryl methyl sites for hydroxylation is 1. The maximum absolute atomic E-state index is 12.7. The van der Waals surface area contributed by atoms with Gasteiger partial charge in [0.15, 0.2) is 5.65 Å². The Morgan fingerprint density at radius 3 is 2.59 bits per heavy atom. The molecule has 0 spiro atoms. The first-order chi connectivity index (χ1) is 12.8. The van der Waals surface area contributed by atoms with E-state index in [1.54, 1.807) is 0 Å². The van der Waals surface area contributed by atoms with Gasteiger partial charge in [0.1, 0.15) is 11.4 Å². The van der Waals surface area contributed by atoms with Crippen molar-refractivity contribution in [2.24, 2.45) is 0 Å². The third kappa shape index (κ3) is 3.59. The van der Waals surface area contributed by atoms with Gasteiger partial charge in [0.25, 0.3) is 0 Å². The minimum atomic E-state index is -0.498. The zero-order chi connectivity index (χ0) is 19.2. The van der Waals surface area contributed by atoms with Gasteiger partial charge in [0.05, 0.1) is 11.7 Å². The first kappa shape index (κ1) is 18.1. The molecule has 0 saturated carbocycles. The van der Waals surface area contributed by atoms with Crippen molar-refractivity contribution in [3.8, 4) is 0 Å². The molecule has 0 bridgehead atoms. The largest absolute Gasteiger partial charge is 0.444 e. The second kappa shape index (κ2) is 6.69. The van der Waals surface area contributed by atoms with Gasteiger partial charge in [-0.3, -0.25) is 4.90 Å². The Hall–Kier alpha value is -2.31. The number of hydrogen-bond donors (Lipinski definition) is 0. The van der Waals surface area contributed by atoms with Crippen molar-refractivity contribution < 1.29 is 9.53 Å². The van der Waals surface area contributed by atoms with Crippen LogP contribution in [0.25, 0.3) is 5.65 Å². The minimum Gasteiger partial charge on any atom is -0.444 e. The third-order valence-corrected chi connectivity index (χ3v) is 5.26. The number of fused-ring (bicyclic) bond motifs is 1. The Kier molecular flexibility index (Phi) is 4.48. The third-order valence-electron chi connectivity index (χ3n) is 5.26. The summed E-state index contributed by atoms with van der Waals surface area (Å²) in [6.45, 7) is 10.6. The molecule has 1 atom stereocenters. The van der Waals surface area contributed by atoms with Crippen LogP contribution in [0.5, 0.6) is 0 Å². The highest BCUT2D eigenvalue weighted by molar-refractivity contribution is 5.69. The van der Waals surface area contributed by atoms with Crippen molar-refractivity contribution in [2.45, 2.75) is 65.0 Å². The van der Waals surface area contributed by atoms with Crippen LogP contribution in [-0.2, 0) is 4.74 Å². The maximum atomic E-state index is 12.7. The molecule has 2 aliphatic heterocycles. The number of carbonyl (C=O) groups excluding carboxylic acids is 1. The van der Waals surface area contributed by atoms with E-state index < -0.39 is 5.60 Å². The van der Waals surface area contributed by atoms with Crippen LogP contribution < -0.4 is 4.90 Å². The summed E-state index contributed by atoms with van der Waals surface area (Å²) in [6.07, 6.45) is 3.96. The minimum absolute atomic E-state index is 0.0536. The van der Waals surface area contributed by atoms with Crippen LogP contribution in [0.1, 0.15) is 63.9 Å². The molecular weight excluding hydrogens is 342 g/mol. The molecule has 0 aromatic carbocycles. The molecule has 2 aliphatic rings. The van der Waals surface area contributed by atoms with Gasteiger partial charge >= 0.3 is 6.09 Å². The fourth-order valence-corrected chi connectivity index (χ4v) is 3.77. The fraction of sp³-hybridized carbons (Fsp3) is 0.650. The Morgan fingerprint density at radius 2 is 1.93 bits per heavy atom. The highest BCUT2D eigenvalue weighted by Gasteiger charge is 2.33. The van der Waals surface area contributed by atoms with Gasteiger partial charge in [-0.15, -0.1) is 0 Å². The van der Waals surface area contributed by atoms with Crippen LogP contribution in [0.3, 0.4) is 0 Å². The second-order valence-electron chi connectivity index (χ2n) is 8.62. The number of nitrogens with zero attached hydrogens (tertiary/aromatic N) is 5. The van der Waals surface area contributed by atoms with Gasteiger partial charge in [-0.1, -0.05) is 0 Å². The molecule has 7 heteroatoms. The lowest BCUT2D eigenvalue weighted by molar-refractivity contribution is 0.00898. The fourth-order valence-electron chi connectivity index (χ4n) is 3.77. The lowest BCUT2D eigenvalue weighted by Crippen LogP contribution is -2.42. The van der Waals surface area contributed by atoms with Crippen molar-refractivity contribution >= 4 is 17.6 Å². The van der Waals surface area contributed by atoms with Crippen LogP contribution in [0.15, 0.2) is 12.1 Å². The number of hydrogen-bond acceptors (Lipinski definition) is 5. The van der Waals surface area contributed by atoms with E-state index in [0.717, 1.165) is 55.2 Å². The van der Waals surface area contributed by atoms with E-state index in [0.29, 0.717) is 6.54 Å². The lowest BCUT2D eigenvalue weighted by atomic mass is 10.00. The van der Waals surface area contributed by atoms with Crippen LogP contribution in [0, 0.1) is 6.92 Å². The number of amides is 1. The second-order valence-corrected chi connectivity index (χ2v) is 8.62. The molecule has 2 fully saturated rings. The van der Waals surface area contributed by atoms with Crippen molar-refractivity contribution in [3.05, 3.63) is 23.5 Å². The molecule has 0 radical (unpaired) electrons. The number of rotatable bonds is 2. The van der Waals surface area contributed by atoms with Crippen molar-refractivity contribution in [1.29, 1.82) is 0 Å². The molecule has 146 valence electrons. The van der Waals surface area contributed by atoms with Crippen LogP contribution >= 0.6 is 0 Å². The molecule has 1 amide bonds. The number of aromatic nitrogens is 3. The SMILES string of the molecule is Cc1cc(N2CCC2)nc2cc([C@@H]3CCCCN3C(=O)OC(C)(C)C)nn12. The van der Waals surface area contributed by atoms with E-state index in [1.807, 2.05) is 36.3 Å². The van der Waals surface area contributed by atoms with Crippen molar-refractivity contribution in [3.63, 3.8) is 0 Å². The smallest absolute Gasteiger partial charge is 0.410 e. The molecule has 27 heavy (non-hydrogen) atoms. The number of ether oxygens (including phenoxy) is 1. The van der Waals surface area contributed by atoms with Crippen LogP contribution in [0.2, 0.25) is 0 Å². The number of anilines is 1. The van der Waals surface area contributed by atoms with E-state index in [4.69, 9.17) is 14.8 Å². The standard InChI is InChI=1S/C20H29N5O2/c1-14-12-17(23-9-7-10-23)21-18-13-15(22-25(14)18)16-8-5-6-11-24(16)19(26)27-20(2,3)4/h12-13,16H,5-11H2,1-4H3/t16-/m0/s1. The molecule has 2 aromatic rings. The molecule has 0 aliphatic carbocycles. The zero-order valence-electron chi connectivity index (χ0n) is 16.7. The van der Waals surface area contributed by atoms with Gasteiger partial charge in [-0.05, 0) is 53.4 Å². The highest BCUT2D eigenvalue weighted by Crippen LogP contribution is 2.32.